The van der Waals surface area contributed by atoms with Crippen LogP contribution in [0.1, 0.15) is 11.1 Å². The topological polar surface area (TPSA) is 78.4 Å². The first kappa shape index (κ1) is 12.9. The molecule has 0 amide bonds. The molecule has 0 spiro atoms. The molecule has 2 aromatic rings. The monoisotopic (exact) mass is 258 g/mol. The van der Waals surface area contributed by atoms with Crippen LogP contribution in [0.3, 0.4) is 0 Å². The zero-order valence-electron chi connectivity index (χ0n) is 10.5. The van der Waals surface area contributed by atoms with Crippen molar-refractivity contribution in [1.82, 2.24) is 0 Å². The fourth-order valence-corrected chi connectivity index (χ4v) is 1.80. The van der Waals surface area contributed by atoms with E-state index in [-0.39, 0.29) is 5.69 Å². The number of benzene rings is 2. The third-order valence-corrected chi connectivity index (χ3v) is 2.80. The molecular formula is C14H14N2O3. The average Bonchev–Trinajstić information content (AvgIpc) is 2.37. The Morgan fingerprint density at radius 1 is 1.26 bits per heavy atom. The molecule has 2 aromatic carbocycles. The van der Waals surface area contributed by atoms with Crippen molar-refractivity contribution in [3.8, 4) is 5.75 Å². The van der Waals surface area contributed by atoms with Crippen LogP contribution < -0.4 is 10.5 Å². The number of hydrogen-bond donors (Lipinski definition) is 1. The van der Waals surface area contributed by atoms with Crippen LogP contribution >= 0.6 is 0 Å². The lowest BCUT2D eigenvalue weighted by molar-refractivity contribution is -0.385. The highest BCUT2D eigenvalue weighted by Gasteiger charge is 2.13. The van der Waals surface area contributed by atoms with Gasteiger partial charge in [0.05, 0.1) is 10.5 Å². The van der Waals surface area contributed by atoms with Gasteiger partial charge in [-0.05, 0) is 30.7 Å². The minimum atomic E-state index is -0.414. The Bertz CT molecular complexity index is 611. The maximum Gasteiger partial charge on any atom is 0.276 e. The van der Waals surface area contributed by atoms with Crippen molar-refractivity contribution in [2.75, 3.05) is 5.73 Å². The van der Waals surface area contributed by atoms with E-state index >= 15 is 0 Å². The molecule has 0 heterocycles. The quantitative estimate of drug-likeness (QED) is 0.519. The molecule has 0 aliphatic carbocycles. The Kier molecular flexibility index (Phi) is 3.66. The number of nitrogen functional groups attached to an aromatic ring is 1. The standard InChI is InChI=1S/C14H14N2O3/c1-10-13(16(17)18)6-3-7-14(10)19-9-11-4-2-5-12(15)8-11/h2-8H,9,15H2,1H3. The van der Waals surface area contributed by atoms with Gasteiger partial charge in [0.1, 0.15) is 12.4 Å². The van der Waals surface area contributed by atoms with E-state index in [4.69, 9.17) is 10.5 Å². The Hall–Kier alpha value is -2.56. The summed E-state index contributed by atoms with van der Waals surface area (Å²) < 4.78 is 5.61. The van der Waals surface area contributed by atoms with E-state index in [1.807, 2.05) is 18.2 Å². The molecular weight excluding hydrogens is 244 g/mol. The fourth-order valence-electron chi connectivity index (χ4n) is 1.80. The van der Waals surface area contributed by atoms with Crippen molar-refractivity contribution in [2.24, 2.45) is 0 Å². The van der Waals surface area contributed by atoms with Gasteiger partial charge in [-0.25, -0.2) is 0 Å². The van der Waals surface area contributed by atoms with Gasteiger partial charge in [0.25, 0.3) is 5.69 Å². The third-order valence-electron chi connectivity index (χ3n) is 2.80. The molecule has 0 aromatic heterocycles. The SMILES string of the molecule is Cc1c(OCc2cccc(N)c2)cccc1[N+](=O)[O-]. The molecule has 0 fully saturated rings. The average molecular weight is 258 g/mol. The van der Waals surface area contributed by atoms with Gasteiger partial charge >= 0.3 is 0 Å². The summed E-state index contributed by atoms with van der Waals surface area (Å²) in [7, 11) is 0. The van der Waals surface area contributed by atoms with E-state index < -0.39 is 4.92 Å². The molecule has 0 aliphatic heterocycles. The molecule has 5 nitrogen and oxygen atoms in total. The summed E-state index contributed by atoms with van der Waals surface area (Å²) in [6.07, 6.45) is 0. The van der Waals surface area contributed by atoms with Crippen LogP contribution in [0.15, 0.2) is 42.5 Å². The third kappa shape index (κ3) is 3.01. The fraction of sp³-hybridized carbons (Fsp3) is 0.143. The van der Waals surface area contributed by atoms with E-state index in [9.17, 15) is 10.1 Å². The maximum absolute atomic E-state index is 10.8. The zero-order chi connectivity index (χ0) is 13.8. The van der Waals surface area contributed by atoms with E-state index in [0.29, 0.717) is 23.6 Å². The number of ether oxygens (including phenoxy) is 1. The molecule has 0 bridgehead atoms. The lowest BCUT2D eigenvalue weighted by Gasteiger charge is -2.09. The molecule has 0 radical (unpaired) electrons. The van der Waals surface area contributed by atoms with E-state index in [1.54, 1.807) is 25.1 Å². The van der Waals surface area contributed by atoms with E-state index in [2.05, 4.69) is 0 Å². The van der Waals surface area contributed by atoms with Crippen molar-refractivity contribution >= 4 is 11.4 Å². The summed E-state index contributed by atoms with van der Waals surface area (Å²) in [5.41, 5.74) is 7.85. The van der Waals surface area contributed by atoms with Crippen LogP contribution in [-0.4, -0.2) is 4.92 Å². The van der Waals surface area contributed by atoms with E-state index in [1.165, 1.54) is 6.07 Å². The van der Waals surface area contributed by atoms with Gasteiger partial charge in [0.2, 0.25) is 0 Å². The molecule has 5 heteroatoms. The predicted molar refractivity (Wildman–Crippen MR) is 73.0 cm³/mol. The number of nitro benzene ring substituents is 1. The first-order valence-electron chi connectivity index (χ1n) is 5.79. The van der Waals surface area contributed by atoms with Crippen molar-refractivity contribution in [3.05, 3.63) is 63.7 Å². The van der Waals surface area contributed by atoms with Crippen molar-refractivity contribution in [1.29, 1.82) is 0 Å². The first-order valence-corrected chi connectivity index (χ1v) is 5.79. The molecule has 2 rings (SSSR count). The first-order chi connectivity index (χ1) is 9.08. The predicted octanol–water partition coefficient (Wildman–Crippen LogP) is 3.06. The highest BCUT2D eigenvalue weighted by Crippen LogP contribution is 2.27. The minimum Gasteiger partial charge on any atom is -0.488 e. The minimum absolute atomic E-state index is 0.0603. The Morgan fingerprint density at radius 3 is 2.68 bits per heavy atom. The normalized spacial score (nSPS) is 10.2. The molecule has 0 unspecified atom stereocenters. The van der Waals surface area contributed by atoms with Crippen LogP contribution in [-0.2, 0) is 6.61 Å². The molecule has 0 atom stereocenters. The van der Waals surface area contributed by atoms with Gasteiger partial charge in [0.15, 0.2) is 0 Å². The lowest BCUT2D eigenvalue weighted by atomic mass is 10.2. The molecule has 98 valence electrons. The Morgan fingerprint density at radius 2 is 2.00 bits per heavy atom. The Balaban J connectivity index is 2.16. The molecule has 0 saturated carbocycles. The molecule has 2 N–H and O–H groups in total. The highest BCUT2D eigenvalue weighted by molar-refractivity contribution is 5.48. The second-order valence-electron chi connectivity index (χ2n) is 4.19. The highest BCUT2D eigenvalue weighted by atomic mass is 16.6. The van der Waals surface area contributed by atoms with Crippen LogP contribution in [0.4, 0.5) is 11.4 Å². The largest absolute Gasteiger partial charge is 0.488 e. The van der Waals surface area contributed by atoms with Gasteiger partial charge in [-0.2, -0.15) is 0 Å². The van der Waals surface area contributed by atoms with E-state index in [0.717, 1.165) is 5.56 Å². The Labute approximate surface area is 110 Å². The van der Waals surface area contributed by atoms with Crippen LogP contribution in [0.2, 0.25) is 0 Å². The number of anilines is 1. The summed E-state index contributed by atoms with van der Waals surface area (Å²) in [5.74, 6) is 0.511. The number of nitro groups is 1. The van der Waals surface area contributed by atoms with Crippen LogP contribution in [0.25, 0.3) is 0 Å². The summed E-state index contributed by atoms with van der Waals surface area (Å²) in [6.45, 7) is 2.00. The molecule has 0 saturated heterocycles. The van der Waals surface area contributed by atoms with Crippen molar-refractivity contribution in [3.63, 3.8) is 0 Å². The number of hydrogen-bond acceptors (Lipinski definition) is 4. The van der Waals surface area contributed by atoms with Gasteiger partial charge < -0.3 is 10.5 Å². The summed E-state index contributed by atoms with van der Waals surface area (Å²) in [5, 5.41) is 10.8. The maximum atomic E-state index is 10.8. The lowest BCUT2D eigenvalue weighted by Crippen LogP contribution is -2.00. The second kappa shape index (κ2) is 5.39. The van der Waals surface area contributed by atoms with Crippen molar-refractivity contribution < 1.29 is 9.66 Å². The van der Waals surface area contributed by atoms with Gasteiger partial charge in [0, 0.05) is 11.8 Å². The smallest absolute Gasteiger partial charge is 0.276 e. The van der Waals surface area contributed by atoms with Crippen LogP contribution in [0.5, 0.6) is 5.75 Å². The number of nitrogens with zero attached hydrogens (tertiary/aromatic N) is 1. The summed E-state index contributed by atoms with van der Waals surface area (Å²) in [6, 6.07) is 12.1. The molecule has 19 heavy (non-hydrogen) atoms. The summed E-state index contributed by atoms with van der Waals surface area (Å²) in [4.78, 5) is 10.4. The number of nitrogens with two attached hydrogens (primary N) is 1. The van der Waals surface area contributed by atoms with Gasteiger partial charge in [-0.15, -0.1) is 0 Å². The van der Waals surface area contributed by atoms with Crippen molar-refractivity contribution in [2.45, 2.75) is 13.5 Å². The zero-order valence-corrected chi connectivity index (χ0v) is 10.5. The second-order valence-corrected chi connectivity index (χ2v) is 4.19. The molecule has 0 aliphatic rings. The van der Waals surface area contributed by atoms with Crippen LogP contribution in [0, 0.1) is 17.0 Å². The number of rotatable bonds is 4. The van der Waals surface area contributed by atoms with Gasteiger partial charge in [-0.3, -0.25) is 10.1 Å². The summed E-state index contributed by atoms with van der Waals surface area (Å²) >= 11 is 0. The van der Waals surface area contributed by atoms with Gasteiger partial charge in [-0.1, -0.05) is 18.2 Å².